The molecule has 2 fully saturated rings. The van der Waals surface area contributed by atoms with Crippen LogP contribution in [0.1, 0.15) is 65.7 Å². The molecule has 2 amide bonds. The first-order valence-corrected chi connectivity index (χ1v) is 11.8. The third kappa shape index (κ3) is 6.68. The van der Waals surface area contributed by atoms with Crippen LogP contribution in [0.3, 0.4) is 0 Å². The van der Waals surface area contributed by atoms with Crippen LogP contribution in [0.15, 0.2) is 24.3 Å². The zero-order valence-corrected chi connectivity index (χ0v) is 20.0. The lowest BCUT2D eigenvalue weighted by atomic mass is 9.94. The van der Waals surface area contributed by atoms with E-state index < -0.39 is 28.8 Å². The number of nitro groups is 1. The first-order valence-electron chi connectivity index (χ1n) is 11.8. The Balaban J connectivity index is 1.72. The van der Waals surface area contributed by atoms with Crippen LogP contribution in [0.4, 0.5) is 15.3 Å². The molecule has 1 saturated heterocycles. The van der Waals surface area contributed by atoms with Crippen molar-refractivity contribution in [2.45, 2.75) is 83.4 Å². The fourth-order valence-corrected chi connectivity index (χ4v) is 4.44. The molecule has 0 aromatic heterocycles. The average Bonchev–Trinajstić information content (AvgIpc) is 3.27. The number of benzene rings is 1. The molecule has 10 nitrogen and oxygen atoms in total. The largest absolute Gasteiger partial charge is 0.444 e. The van der Waals surface area contributed by atoms with E-state index in [2.05, 4.69) is 0 Å². The van der Waals surface area contributed by atoms with Gasteiger partial charge in [-0.1, -0.05) is 19.3 Å². The van der Waals surface area contributed by atoms with Gasteiger partial charge in [-0.2, -0.15) is 0 Å². The minimum absolute atomic E-state index is 0.109. The number of rotatable bonds is 6. The van der Waals surface area contributed by atoms with Crippen LogP contribution < -0.4 is 4.74 Å². The summed E-state index contributed by atoms with van der Waals surface area (Å²) in [5, 5.41) is 10.9. The SMILES string of the molecule is CC(C)(C)OC(=O)N1CCC[C@H]1C(=O)CN(C(=O)Oc1ccc([N+](=O)[O-])cc1)C1CCCCC1. The Bertz CT molecular complexity index is 904. The minimum atomic E-state index is -0.671. The topological polar surface area (TPSA) is 119 Å². The first kappa shape index (κ1) is 25.5. The van der Waals surface area contributed by atoms with E-state index in [0.717, 1.165) is 32.1 Å². The second-order valence-electron chi connectivity index (χ2n) is 9.84. The van der Waals surface area contributed by atoms with Gasteiger partial charge in [0.15, 0.2) is 5.78 Å². The van der Waals surface area contributed by atoms with E-state index in [1.165, 1.54) is 34.1 Å². The highest BCUT2D eigenvalue weighted by Gasteiger charge is 2.39. The van der Waals surface area contributed by atoms with Crippen molar-refractivity contribution in [1.82, 2.24) is 9.80 Å². The molecule has 0 bridgehead atoms. The number of amides is 2. The number of non-ortho nitro benzene ring substituents is 1. The standard InChI is InChI=1S/C24H33N3O7/c1-24(2,3)34-23(30)25-15-7-10-20(25)21(28)16-26(17-8-5-4-6-9-17)22(29)33-19-13-11-18(12-14-19)27(31)32/h11-14,17,20H,4-10,15-16H2,1-3H3/t20-/m0/s1. The van der Waals surface area contributed by atoms with Gasteiger partial charge in [0.2, 0.25) is 0 Å². The van der Waals surface area contributed by atoms with Crippen LogP contribution >= 0.6 is 0 Å². The molecule has 1 aliphatic carbocycles. The van der Waals surface area contributed by atoms with Gasteiger partial charge in [0, 0.05) is 24.7 Å². The van der Waals surface area contributed by atoms with Crippen LogP contribution in [0.5, 0.6) is 5.75 Å². The van der Waals surface area contributed by atoms with E-state index in [-0.39, 0.29) is 29.8 Å². The highest BCUT2D eigenvalue weighted by molar-refractivity contribution is 5.91. The molecule has 0 N–H and O–H groups in total. The third-order valence-electron chi connectivity index (χ3n) is 6.08. The molecule has 186 valence electrons. The summed E-state index contributed by atoms with van der Waals surface area (Å²) >= 11 is 0. The molecule has 34 heavy (non-hydrogen) atoms. The van der Waals surface area contributed by atoms with Gasteiger partial charge < -0.3 is 9.47 Å². The highest BCUT2D eigenvalue weighted by Crippen LogP contribution is 2.27. The summed E-state index contributed by atoms with van der Waals surface area (Å²) < 4.78 is 10.9. The van der Waals surface area contributed by atoms with Crippen molar-refractivity contribution >= 4 is 23.7 Å². The number of Topliss-reactive ketones (excluding diaryl/α,β-unsaturated/α-hetero) is 1. The second-order valence-corrected chi connectivity index (χ2v) is 9.84. The smallest absolute Gasteiger partial charge is 0.415 e. The molecular formula is C24H33N3O7. The van der Waals surface area contributed by atoms with Crippen molar-refractivity contribution in [3.05, 3.63) is 34.4 Å². The lowest BCUT2D eigenvalue weighted by molar-refractivity contribution is -0.384. The Morgan fingerprint density at radius 2 is 1.71 bits per heavy atom. The Hall–Kier alpha value is -3.17. The maximum atomic E-state index is 13.3. The van der Waals surface area contributed by atoms with Crippen molar-refractivity contribution in [2.24, 2.45) is 0 Å². The molecule has 0 unspecified atom stereocenters. The van der Waals surface area contributed by atoms with Crippen molar-refractivity contribution in [3.63, 3.8) is 0 Å². The molecule has 1 atom stereocenters. The summed E-state index contributed by atoms with van der Waals surface area (Å²) in [5.74, 6) is -0.0605. The minimum Gasteiger partial charge on any atom is -0.444 e. The molecule has 0 spiro atoms. The van der Waals surface area contributed by atoms with Crippen molar-refractivity contribution in [1.29, 1.82) is 0 Å². The number of hydrogen-bond donors (Lipinski definition) is 0. The number of ketones is 1. The maximum absolute atomic E-state index is 13.3. The molecule has 1 heterocycles. The van der Waals surface area contributed by atoms with Crippen LogP contribution in [-0.4, -0.2) is 63.5 Å². The highest BCUT2D eigenvalue weighted by atomic mass is 16.6. The number of hydrogen-bond acceptors (Lipinski definition) is 7. The second kappa shape index (κ2) is 10.8. The lowest BCUT2D eigenvalue weighted by Gasteiger charge is -2.34. The van der Waals surface area contributed by atoms with E-state index in [1.807, 2.05) is 0 Å². The molecule has 10 heteroatoms. The Labute approximate surface area is 199 Å². The number of ether oxygens (including phenoxy) is 2. The monoisotopic (exact) mass is 475 g/mol. The van der Waals surface area contributed by atoms with Crippen LogP contribution in [-0.2, 0) is 9.53 Å². The normalized spacial score (nSPS) is 18.9. The zero-order chi connectivity index (χ0) is 24.9. The Morgan fingerprint density at radius 1 is 1.06 bits per heavy atom. The quantitative estimate of drug-likeness (QED) is 0.432. The summed E-state index contributed by atoms with van der Waals surface area (Å²) in [6.45, 7) is 5.59. The van der Waals surface area contributed by atoms with Gasteiger partial charge in [-0.15, -0.1) is 0 Å². The van der Waals surface area contributed by atoms with E-state index in [9.17, 15) is 24.5 Å². The summed E-state index contributed by atoms with van der Waals surface area (Å²) in [4.78, 5) is 52.2. The molecule has 1 saturated carbocycles. The number of carbonyl (C=O) groups excluding carboxylic acids is 3. The molecule has 1 aliphatic heterocycles. The molecule has 0 radical (unpaired) electrons. The van der Waals surface area contributed by atoms with Gasteiger partial charge in [-0.25, -0.2) is 9.59 Å². The van der Waals surface area contributed by atoms with E-state index in [1.54, 1.807) is 20.8 Å². The third-order valence-corrected chi connectivity index (χ3v) is 6.08. The van der Waals surface area contributed by atoms with Crippen LogP contribution in [0.2, 0.25) is 0 Å². The number of carbonyl (C=O) groups is 3. The summed E-state index contributed by atoms with van der Waals surface area (Å²) in [5.41, 5.74) is -0.779. The fourth-order valence-electron chi connectivity index (χ4n) is 4.44. The van der Waals surface area contributed by atoms with Crippen molar-refractivity contribution < 1.29 is 28.8 Å². The molecule has 3 rings (SSSR count). The molecular weight excluding hydrogens is 442 g/mol. The Kier molecular flexibility index (Phi) is 8.11. The lowest BCUT2D eigenvalue weighted by Crippen LogP contribution is -2.51. The van der Waals surface area contributed by atoms with Gasteiger partial charge in [0.25, 0.3) is 5.69 Å². The number of likely N-dealkylation sites (tertiary alicyclic amines) is 1. The summed E-state index contributed by atoms with van der Waals surface area (Å²) in [6.07, 6.45) is 4.52. The van der Waals surface area contributed by atoms with Crippen LogP contribution in [0, 0.1) is 10.1 Å². The maximum Gasteiger partial charge on any atom is 0.415 e. The van der Waals surface area contributed by atoms with Gasteiger partial charge in [0.05, 0.1) is 17.5 Å². The predicted molar refractivity (Wildman–Crippen MR) is 124 cm³/mol. The fraction of sp³-hybridized carbons (Fsp3) is 0.625. The molecule has 1 aromatic rings. The summed E-state index contributed by atoms with van der Waals surface area (Å²) in [6, 6.07) is 4.45. The van der Waals surface area contributed by atoms with E-state index >= 15 is 0 Å². The zero-order valence-electron chi connectivity index (χ0n) is 20.0. The van der Waals surface area contributed by atoms with E-state index in [0.29, 0.717) is 19.4 Å². The van der Waals surface area contributed by atoms with Gasteiger partial charge >= 0.3 is 12.2 Å². The number of nitro benzene ring substituents is 1. The van der Waals surface area contributed by atoms with Crippen LogP contribution in [0.25, 0.3) is 0 Å². The predicted octanol–water partition coefficient (Wildman–Crippen LogP) is 4.70. The molecule has 1 aromatic carbocycles. The Morgan fingerprint density at radius 3 is 2.29 bits per heavy atom. The van der Waals surface area contributed by atoms with Gasteiger partial charge in [0.1, 0.15) is 11.4 Å². The van der Waals surface area contributed by atoms with Gasteiger partial charge in [-0.3, -0.25) is 24.7 Å². The molecule has 2 aliphatic rings. The van der Waals surface area contributed by atoms with Gasteiger partial charge in [-0.05, 0) is 58.6 Å². The van der Waals surface area contributed by atoms with E-state index in [4.69, 9.17) is 9.47 Å². The van der Waals surface area contributed by atoms with Crippen molar-refractivity contribution in [2.75, 3.05) is 13.1 Å². The average molecular weight is 476 g/mol. The van der Waals surface area contributed by atoms with Crippen molar-refractivity contribution in [3.8, 4) is 5.75 Å². The summed E-state index contributed by atoms with van der Waals surface area (Å²) in [7, 11) is 0. The number of nitrogens with zero attached hydrogens (tertiary/aromatic N) is 3. The first-order chi connectivity index (χ1) is 16.0.